The van der Waals surface area contributed by atoms with Crippen molar-refractivity contribution in [3.05, 3.63) is 47.9 Å². The van der Waals surface area contributed by atoms with Gasteiger partial charge in [-0.3, -0.25) is 14.8 Å². The van der Waals surface area contributed by atoms with E-state index < -0.39 is 5.91 Å². The van der Waals surface area contributed by atoms with Gasteiger partial charge in [0.25, 0.3) is 11.8 Å². The molecule has 26 heavy (non-hydrogen) atoms. The second kappa shape index (κ2) is 7.11. The first-order valence-electron chi connectivity index (χ1n) is 7.44. The van der Waals surface area contributed by atoms with Crippen LogP contribution in [0.2, 0.25) is 0 Å². The van der Waals surface area contributed by atoms with E-state index in [0.717, 1.165) is 0 Å². The van der Waals surface area contributed by atoms with E-state index in [9.17, 15) is 9.59 Å². The van der Waals surface area contributed by atoms with Crippen molar-refractivity contribution >= 4 is 28.6 Å². The molecule has 0 fully saturated rings. The van der Waals surface area contributed by atoms with Crippen LogP contribution in [0.1, 0.15) is 21.0 Å². The van der Waals surface area contributed by atoms with Crippen molar-refractivity contribution in [2.75, 3.05) is 19.5 Å². The summed E-state index contributed by atoms with van der Waals surface area (Å²) < 4.78 is 15.6. The molecule has 2 aromatic carbocycles. The first kappa shape index (κ1) is 17.2. The summed E-state index contributed by atoms with van der Waals surface area (Å²) >= 11 is 0. The van der Waals surface area contributed by atoms with Gasteiger partial charge >= 0.3 is 5.91 Å². The highest BCUT2D eigenvalue weighted by Crippen LogP contribution is 2.28. The molecule has 0 bridgehead atoms. The maximum atomic E-state index is 12.4. The lowest BCUT2D eigenvalue weighted by Gasteiger charge is -2.10. The van der Waals surface area contributed by atoms with Gasteiger partial charge in [0, 0.05) is 17.3 Å². The Bertz CT molecular complexity index is 982. The molecule has 0 radical (unpaired) electrons. The quantitative estimate of drug-likeness (QED) is 0.472. The molecule has 3 aromatic rings. The molecule has 0 aliphatic heterocycles. The van der Waals surface area contributed by atoms with Gasteiger partial charge in [0.1, 0.15) is 5.52 Å². The molecule has 0 aliphatic carbocycles. The smallest absolute Gasteiger partial charge is 0.330 e. The van der Waals surface area contributed by atoms with Crippen LogP contribution in [-0.2, 0) is 0 Å². The van der Waals surface area contributed by atoms with Crippen LogP contribution in [0.15, 0.2) is 40.8 Å². The highest BCUT2D eigenvalue weighted by molar-refractivity contribution is 6.05. The van der Waals surface area contributed by atoms with Crippen LogP contribution in [0.4, 0.5) is 5.69 Å². The number of carbonyl (C=O) groups is 2. The van der Waals surface area contributed by atoms with Gasteiger partial charge in [-0.05, 0) is 30.3 Å². The molecule has 1 heterocycles. The number of fused-ring (bicyclic) bond motifs is 1. The van der Waals surface area contributed by atoms with Gasteiger partial charge in [-0.15, -0.1) is 0 Å². The van der Waals surface area contributed by atoms with E-state index >= 15 is 0 Å². The number of nitrogens with zero attached hydrogens (tertiary/aromatic N) is 1. The Hall–Kier alpha value is -3.59. The average Bonchev–Trinajstić information content (AvgIpc) is 3.10. The van der Waals surface area contributed by atoms with Gasteiger partial charge in [0.2, 0.25) is 0 Å². The molecule has 0 spiro atoms. The Balaban J connectivity index is 1.84. The molecule has 0 atom stereocenters. The van der Waals surface area contributed by atoms with E-state index in [1.54, 1.807) is 30.3 Å². The molecule has 2 amide bonds. The standard InChI is InChI=1S/C17H15N3O6/c1-24-12-6-3-9(7-14(12)25-2)15(21)18-10-4-5-11-13(8-10)26-17(19-11)16(22)20-23/h3-8,23H,1-2H3,(H,18,21)(H,20,22). The number of hydroxylamine groups is 1. The molecule has 9 nitrogen and oxygen atoms in total. The summed E-state index contributed by atoms with van der Waals surface area (Å²) in [5.41, 5.74) is 2.96. The van der Waals surface area contributed by atoms with Crippen LogP contribution >= 0.6 is 0 Å². The van der Waals surface area contributed by atoms with Crippen LogP contribution in [0.5, 0.6) is 11.5 Å². The summed E-state index contributed by atoms with van der Waals surface area (Å²) in [6.45, 7) is 0. The fourth-order valence-electron chi connectivity index (χ4n) is 2.33. The Morgan fingerprint density at radius 3 is 2.50 bits per heavy atom. The molecule has 0 saturated carbocycles. The third kappa shape index (κ3) is 3.28. The largest absolute Gasteiger partial charge is 0.493 e. The number of hydrogen-bond acceptors (Lipinski definition) is 7. The average molecular weight is 357 g/mol. The minimum Gasteiger partial charge on any atom is -0.493 e. The van der Waals surface area contributed by atoms with Gasteiger partial charge in [-0.2, -0.15) is 0 Å². The van der Waals surface area contributed by atoms with Crippen molar-refractivity contribution < 1.29 is 28.7 Å². The summed E-state index contributed by atoms with van der Waals surface area (Å²) in [6.07, 6.45) is 0. The van der Waals surface area contributed by atoms with Crippen molar-refractivity contribution in [2.24, 2.45) is 0 Å². The van der Waals surface area contributed by atoms with Gasteiger partial charge in [0.15, 0.2) is 17.1 Å². The minimum atomic E-state index is -0.864. The number of hydrogen-bond donors (Lipinski definition) is 3. The molecule has 0 unspecified atom stereocenters. The van der Waals surface area contributed by atoms with Crippen molar-refractivity contribution in [3.63, 3.8) is 0 Å². The van der Waals surface area contributed by atoms with E-state index in [4.69, 9.17) is 19.1 Å². The third-order valence-electron chi connectivity index (χ3n) is 3.59. The normalized spacial score (nSPS) is 10.4. The van der Waals surface area contributed by atoms with E-state index in [1.165, 1.54) is 25.8 Å². The number of amides is 2. The van der Waals surface area contributed by atoms with Crippen LogP contribution in [-0.4, -0.2) is 36.2 Å². The number of rotatable bonds is 5. The predicted molar refractivity (Wildman–Crippen MR) is 90.8 cm³/mol. The van der Waals surface area contributed by atoms with E-state index in [0.29, 0.717) is 28.3 Å². The molecule has 3 rings (SSSR count). The first-order valence-corrected chi connectivity index (χ1v) is 7.44. The number of anilines is 1. The number of nitrogens with one attached hydrogen (secondary N) is 2. The second-order valence-corrected chi connectivity index (χ2v) is 5.17. The zero-order valence-corrected chi connectivity index (χ0v) is 13.9. The Morgan fingerprint density at radius 2 is 1.81 bits per heavy atom. The molecule has 0 aliphatic rings. The topological polar surface area (TPSA) is 123 Å². The molecule has 134 valence electrons. The summed E-state index contributed by atoms with van der Waals surface area (Å²) in [5.74, 6) is -0.562. The van der Waals surface area contributed by atoms with Crippen LogP contribution in [0, 0.1) is 0 Å². The van der Waals surface area contributed by atoms with Gasteiger partial charge in [-0.25, -0.2) is 10.5 Å². The van der Waals surface area contributed by atoms with Crippen LogP contribution in [0.3, 0.4) is 0 Å². The number of carbonyl (C=O) groups excluding carboxylic acids is 2. The summed E-state index contributed by atoms with van der Waals surface area (Å²) in [7, 11) is 2.99. The molecule has 1 aromatic heterocycles. The summed E-state index contributed by atoms with van der Waals surface area (Å²) in [4.78, 5) is 27.7. The SMILES string of the molecule is COc1ccc(C(=O)Nc2ccc3nc(C(=O)NO)oc3c2)cc1OC. The van der Waals surface area contributed by atoms with Gasteiger partial charge in [-0.1, -0.05) is 0 Å². The fraction of sp³-hybridized carbons (Fsp3) is 0.118. The maximum Gasteiger partial charge on any atom is 0.330 e. The lowest BCUT2D eigenvalue weighted by molar-refractivity contribution is 0.0671. The molecule has 9 heteroatoms. The second-order valence-electron chi connectivity index (χ2n) is 5.17. The Kier molecular flexibility index (Phi) is 4.72. The summed E-state index contributed by atoms with van der Waals surface area (Å²) in [5, 5.41) is 11.3. The lowest BCUT2D eigenvalue weighted by atomic mass is 10.2. The molecule has 3 N–H and O–H groups in total. The number of oxazole rings is 1. The lowest BCUT2D eigenvalue weighted by Crippen LogP contribution is -2.18. The van der Waals surface area contributed by atoms with Crippen molar-refractivity contribution in [1.29, 1.82) is 0 Å². The highest BCUT2D eigenvalue weighted by Gasteiger charge is 2.15. The third-order valence-corrected chi connectivity index (χ3v) is 3.59. The maximum absolute atomic E-state index is 12.4. The van der Waals surface area contributed by atoms with E-state index in [2.05, 4.69) is 10.3 Å². The van der Waals surface area contributed by atoms with E-state index in [-0.39, 0.29) is 17.4 Å². The first-order chi connectivity index (χ1) is 12.5. The van der Waals surface area contributed by atoms with Crippen LogP contribution < -0.4 is 20.3 Å². The van der Waals surface area contributed by atoms with E-state index in [1.807, 2.05) is 0 Å². The number of benzene rings is 2. The predicted octanol–water partition coefficient (Wildman–Crippen LogP) is 2.22. The Labute approximate surface area is 147 Å². The van der Waals surface area contributed by atoms with Crippen LogP contribution in [0.25, 0.3) is 11.1 Å². The molecular formula is C17H15N3O6. The van der Waals surface area contributed by atoms with Gasteiger partial charge < -0.3 is 19.2 Å². The van der Waals surface area contributed by atoms with Crippen molar-refractivity contribution in [3.8, 4) is 11.5 Å². The highest BCUT2D eigenvalue weighted by atomic mass is 16.5. The number of aromatic nitrogens is 1. The molecular weight excluding hydrogens is 342 g/mol. The Morgan fingerprint density at radius 1 is 1.04 bits per heavy atom. The monoisotopic (exact) mass is 357 g/mol. The van der Waals surface area contributed by atoms with Crippen molar-refractivity contribution in [2.45, 2.75) is 0 Å². The minimum absolute atomic E-state index is 0.286. The number of methoxy groups -OCH3 is 2. The number of ether oxygens (including phenoxy) is 2. The zero-order valence-electron chi connectivity index (χ0n) is 13.9. The fourth-order valence-corrected chi connectivity index (χ4v) is 2.33. The van der Waals surface area contributed by atoms with Crippen molar-refractivity contribution in [1.82, 2.24) is 10.5 Å². The zero-order chi connectivity index (χ0) is 18.7. The van der Waals surface area contributed by atoms with Gasteiger partial charge in [0.05, 0.1) is 14.2 Å². The molecule has 0 saturated heterocycles. The summed E-state index contributed by atoms with van der Waals surface area (Å²) in [6, 6.07) is 9.52.